The fourth-order valence-electron chi connectivity index (χ4n) is 3.21. The Labute approximate surface area is 140 Å². The molecule has 0 radical (unpaired) electrons. The Morgan fingerprint density at radius 2 is 1.70 bits per heavy atom. The van der Waals surface area contributed by atoms with Crippen molar-refractivity contribution >= 4 is 11.9 Å². The standard InChI is InChI=1S/C19H32O4/c1-4-19(17(20)22-5-2,18(21)23-6-3)15-11-7-8-12-16-13-9-10-14-16/h13H,4-12,14-15H2,1-3H3. The number of carbonyl (C=O) groups is 2. The van der Waals surface area contributed by atoms with E-state index in [2.05, 4.69) is 6.08 Å². The fraction of sp³-hybridized carbons (Fsp3) is 0.789. The smallest absolute Gasteiger partial charge is 0.323 e. The maximum absolute atomic E-state index is 12.4. The van der Waals surface area contributed by atoms with Gasteiger partial charge in [-0.3, -0.25) is 9.59 Å². The second kappa shape index (κ2) is 10.5. The molecule has 4 nitrogen and oxygen atoms in total. The van der Waals surface area contributed by atoms with Crippen LogP contribution >= 0.6 is 0 Å². The minimum Gasteiger partial charge on any atom is -0.465 e. The molecule has 1 rings (SSSR count). The largest absolute Gasteiger partial charge is 0.465 e. The van der Waals surface area contributed by atoms with Crippen molar-refractivity contribution in [1.82, 2.24) is 0 Å². The van der Waals surface area contributed by atoms with Crippen LogP contribution in [0.4, 0.5) is 0 Å². The molecule has 0 bridgehead atoms. The molecular formula is C19H32O4. The quantitative estimate of drug-likeness (QED) is 0.242. The Kier molecular flexibility index (Phi) is 8.97. The highest BCUT2D eigenvalue weighted by Crippen LogP contribution is 2.33. The van der Waals surface area contributed by atoms with Crippen LogP contribution in [0.25, 0.3) is 0 Å². The van der Waals surface area contributed by atoms with Gasteiger partial charge in [-0.1, -0.05) is 31.4 Å². The molecule has 0 fully saturated rings. The molecule has 4 heteroatoms. The van der Waals surface area contributed by atoms with E-state index >= 15 is 0 Å². The van der Waals surface area contributed by atoms with Crippen molar-refractivity contribution in [1.29, 1.82) is 0 Å². The molecule has 0 N–H and O–H groups in total. The predicted molar refractivity (Wildman–Crippen MR) is 91.0 cm³/mol. The van der Waals surface area contributed by atoms with Crippen molar-refractivity contribution in [2.75, 3.05) is 13.2 Å². The molecule has 0 atom stereocenters. The van der Waals surface area contributed by atoms with E-state index in [-0.39, 0.29) is 13.2 Å². The predicted octanol–water partition coefficient (Wildman–Crippen LogP) is 4.57. The Bertz CT molecular complexity index is 394. The van der Waals surface area contributed by atoms with E-state index in [1.165, 1.54) is 19.3 Å². The first-order valence-corrected chi connectivity index (χ1v) is 9.13. The first-order chi connectivity index (χ1) is 11.1. The zero-order valence-corrected chi connectivity index (χ0v) is 15.0. The van der Waals surface area contributed by atoms with Crippen molar-refractivity contribution < 1.29 is 19.1 Å². The maximum atomic E-state index is 12.4. The third-order valence-electron chi connectivity index (χ3n) is 4.67. The number of unbranched alkanes of at least 4 members (excludes halogenated alkanes) is 2. The Hall–Kier alpha value is -1.32. The van der Waals surface area contributed by atoms with E-state index in [1.54, 1.807) is 19.4 Å². The molecule has 0 saturated heterocycles. The summed E-state index contributed by atoms with van der Waals surface area (Å²) in [7, 11) is 0. The summed E-state index contributed by atoms with van der Waals surface area (Å²) in [6.45, 7) is 5.96. The van der Waals surface area contributed by atoms with Gasteiger partial charge in [0.05, 0.1) is 13.2 Å². The van der Waals surface area contributed by atoms with E-state index in [9.17, 15) is 9.59 Å². The van der Waals surface area contributed by atoms with Crippen LogP contribution in [0.5, 0.6) is 0 Å². The van der Waals surface area contributed by atoms with Gasteiger partial charge >= 0.3 is 11.9 Å². The SMILES string of the molecule is CCOC(=O)C(CC)(CCCCCC1=CCCC1)C(=O)OCC. The second-order valence-corrected chi connectivity index (χ2v) is 6.19. The van der Waals surface area contributed by atoms with Crippen LogP contribution in [-0.2, 0) is 19.1 Å². The summed E-state index contributed by atoms with van der Waals surface area (Å²) < 4.78 is 10.3. The molecule has 0 aliphatic heterocycles. The summed E-state index contributed by atoms with van der Waals surface area (Å²) in [5.74, 6) is -0.862. The average molecular weight is 324 g/mol. The molecule has 0 aromatic rings. The van der Waals surface area contributed by atoms with Gasteiger partial charge in [0, 0.05) is 0 Å². The first-order valence-electron chi connectivity index (χ1n) is 9.13. The van der Waals surface area contributed by atoms with Crippen molar-refractivity contribution in [3.05, 3.63) is 11.6 Å². The molecule has 0 aromatic heterocycles. The summed E-state index contributed by atoms with van der Waals surface area (Å²) in [5, 5.41) is 0. The van der Waals surface area contributed by atoms with E-state index in [1.807, 2.05) is 6.92 Å². The second-order valence-electron chi connectivity index (χ2n) is 6.19. The minimum absolute atomic E-state index is 0.286. The van der Waals surface area contributed by atoms with Crippen molar-refractivity contribution in [3.63, 3.8) is 0 Å². The summed E-state index contributed by atoms with van der Waals surface area (Å²) in [4.78, 5) is 24.7. The summed E-state index contributed by atoms with van der Waals surface area (Å²) in [6, 6.07) is 0. The number of rotatable bonds is 11. The Morgan fingerprint density at radius 1 is 1.04 bits per heavy atom. The van der Waals surface area contributed by atoms with Gasteiger partial charge in [0.25, 0.3) is 0 Å². The average Bonchev–Trinajstić information content (AvgIpc) is 3.05. The van der Waals surface area contributed by atoms with E-state index in [0.717, 1.165) is 25.7 Å². The molecule has 0 aromatic carbocycles. The molecule has 1 aliphatic carbocycles. The van der Waals surface area contributed by atoms with Crippen LogP contribution in [0.15, 0.2) is 11.6 Å². The van der Waals surface area contributed by atoms with Crippen LogP contribution in [0, 0.1) is 5.41 Å². The van der Waals surface area contributed by atoms with Crippen LogP contribution in [0.3, 0.4) is 0 Å². The van der Waals surface area contributed by atoms with Gasteiger partial charge in [-0.2, -0.15) is 0 Å². The van der Waals surface area contributed by atoms with Crippen LogP contribution < -0.4 is 0 Å². The molecule has 23 heavy (non-hydrogen) atoms. The Morgan fingerprint density at radius 3 is 2.17 bits per heavy atom. The molecule has 0 amide bonds. The lowest BCUT2D eigenvalue weighted by atomic mass is 9.79. The minimum atomic E-state index is -1.13. The highest BCUT2D eigenvalue weighted by molar-refractivity contribution is 6.00. The molecule has 132 valence electrons. The topological polar surface area (TPSA) is 52.6 Å². The molecule has 0 spiro atoms. The van der Waals surface area contributed by atoms with E-state index in [0.29, 0.717) is 12.8 Å². The van der Waals surface area contributed by atoms with Crippen molar-refractivity contribution in [2.24, 2.45) is 5.41 Å². The van der Waals surface area contributed by atoms with E-state index < -0.39 is 17.4 Å². The summed E-state index contributed by atoms with van der Waals surface area (Å²) in [6.07, 6.45) is 11.2. The summed E-state index contributed by atoms with van der Waals surface area (Å²) >= 11 is 0. The van der Waals surface area contributed by atoms with Gasteiger partial charge in [-0.05, 0) is 58.8 Å². The third kappa shape index (κ3) is 5.67. The first kappa shape index (κ1) is 19.7. The lowest BCUT2D eigenvalue weighted by molar-refractivity contribution is -0.173. The van der Waals surface area contributed by atoms with Crippen molar-refractivity contribution in [3.8, 4) is 0 Å². The fourth-order valence-corrected chi connectivity index (χ4v) is 3.21. The highest BCUT2D eigenvalue weighted by Gasteiger charge is 2.46. The van der Waals surface area contributed by atoms with Crippen molar-refractivity contribution in [2.45, 2.75) is 78.6 Å². The van der Waals surface area contributed by atoms with Gasteiger partial charge in [0.1, 0.15) is 0 Å². The van der Waals surface area contributed by atoms with Gasteiger partial charge in [-0.25, -0.2) is 0 Å². The monoisotopic (exact) mass is 324 g/mol. The number of allylic oxidation sites excluding steroid dienone is 2. The zero-order valence-electron chi connectivity index (χ0n) is 15.0. The number of carbonyl (C=O) groups excluding carboxylic acids is 2. The highest BCUT2D eigenvalue weighted by atomic mass is 16.6. The lowest BCUT2D eigenvalue weighted by Gasteiger charge is -2.27. The van der Waals surface area contributed by atoms with Gasteiger partial charge < -0.3 is 9.47 Å². The maximum Gasteiger partial charge on any atom is 0.323 e. The number of hydrogen-bond acceptors (Lipinski definition) is 4. The lowest BCUT2D eigenvalue weighted by Crippen LogP contribution is -2.41. The molecule has 0 heterocycles. The summed E-state index contributed by atoms with van der Waals surface area (Å²) in [5.41, 5.74) is 0.445. The van der Waals surface area contributed by atoms with Gasteiger partial charge in [0.15, 0.2) is 5.41 Å². The molecule has 0 unspecified atom stereocenters. The third-order valence-corrected chi connectivity index (χ3v) is 4.67. The van der Waals surface area contributed by atoms with Crippen LogP contribution in [-0.4, -0.2) is 25.2 Å². The normalized spacial score (nSPS) is 14.5. The molecular weight excluding hydrogens is 292 g/mol. The van der Waals surface area contributed by atoms with Crippen LogP contribution in [0.1, 0.15) is 78.6 Å². The number of ether oxygens (including phenoxy) is 2. The number of esters is 2. The molecule has 1 aliphatic rings. The molecule has 0 saturated carbocycles. The van der Waals surface area contributed by atoms with Gasteiger partial charge in [-0.15, -0.1) is 0 Å². The Balaban J connectivity index is 2.53. The van der Waals surface area contributed by atoms with Crippen LogP contribution in [0.2, 0.25) is 0 Å². The zero-order chi connectivity index (χ0) is 17.1. The van der Waals surface area contributed by atoms with E-state index in [4.69, 9.17) is 9.47 Å². The number of hydrogen-bond donors (Lipinski definition) is 0. The van der Waals surface area contributed by atoms with Gasteiger partial charge in [0.2, 0.25) is 0 Å².